The zero-order valence-electron chi connectivity index (χ0n) is 10.8. The summed E-state index contributed by atoms with van der Waals surface area (Å²) in [6, 6.07) is 6.77. The third-order valence-electron chi connectivity index (χ3n) is 3.13. The van der Waals surface area contributed by atoms with Gasteiger partial charge in [-0.3, -0.25) is 0 Å². The van der Waals surface area contributed by atoms with Gasteiger partial charge in [0.1, 0.15) is 29.8 Å². The Morgan fingerprint density at radius 3 is 2.20 bits per heavy atom. The Morgan fingerprint density at radius 1 is 1.05 bits per heavy atom. The number of benzene rings is 1. The second-order valence-corrected chi connectivity index (χ2v) is 5.34. The van der Waals surface area contributed by atoms with Crippen molar-refractivity contribution in [2.75, 3.05) is 11.5 Å². The third-order valence-corrected chi connectivity index (χ3v) is 4.00. The second-order valence-electron chi connectivity index (χ2n) is 4.46. The fourth-order valence-electron chi connectivity index (χ4n) is 1.93. The summed E-state index contributed by atoms with van der Waals surface area (Å²) in [6.07, 6.45) is -5.35. The number of halogens is 1. The van der Waals surface area contributed by atoms with Gasteiger partial charge >= 0.3 is 0 Å². The number of aliphatic hydroxyl groups is 3. The highest BCUT2D eigenvalue weighted by Gasteiger charge is 2.44. The molecule has 5 atom stereocenters. The fraction of sp³-hybridized carbons (Fsp3) is 0.538. The molecule has 1 aromatic carbocycles. The lowest BCUT2D eigenvalue weighted by atomic mass is 10.00. The maximum atomic E-state index is 9.90. The smallest absolute Gasteiger partial charge is 0.229 e. The van der Waals surface area contributed by atoms with Gasteiger partial charge in [0.25, 0.3) is 0 Å². The van der Waals surface area contributed by atoms with Crippen LogP contribution in [0, 0.1) is 0 Å². The second kappa shape index (κ2) is 6.90. The summed E-state index contributed by atoms with van der Waals surface area (Å²) in [7, 11) is 1.56. The molecule has 3 N–H and O–H groups in total. The molecule has 1 aliphatic heterocycles. The lowest BCUT2D eigenvalue weighted by Crippen LogP contribution is -2.59. The molecule has 0 spiro atoms. The first kappa shape index (κ1) is 15.8. The molecule has 1 aromatic rings. The summed E-state index contributed by atoms with van der Waals surface area (Å²) >= 11 is 2.04. The molecule has 112 valence electrons. The van der Waals surface area contributed by atoms with Crippen molar-refractivity contribution >= 4 is 22.6 Å². The molecule has 0 aliphatic carbocycles. The van der Waals surface area contributed by atoms with Crippen molar-refractivity contribution < 1.29 is 29.5 Å². The van der Waals surface area contributed by atoms with E-state index in [1.54, 1.807) is 31.4 Å². The molecule has 1 saturated heterocycles. The van der Waals surface area contributed by atoms with Crippen molar-refractivity contribution in [3.63, 3.8) is 0 Å². The molecular weight excluding hydrogens is 379 g/mol. The van der Waals surface area contributed by atoms with Crippen LogP contribution in [0.25, 0.3) is 0 Å². The van der Waals surface area contributed by atoms with Crippen LogP contribution in [0.3, 0.4) is 0 Å². The molecule has 0 bridgehead atoms. The van der Waals surface area contributed by atoms with Crippen molar-refractivity contribution in [2.45, 2.75) is 30.7 Å². The zero-order chi connectivity index (χ0) is 14.7. The van der Waals surface area contributed by atoms with E-state index in [1.165, 1.54) is 0 Å². The molecular formula is C13H17IO6. The topological polar surface area (TPSA) is 88.4 Å². The van der Waals surface area contributed by atoms with Gasteiger partial charge in [-0.1, -0.05) is 22.6 Å². The molecule has 1 fully saturated rings. The minimum atomic E-state index is -1.31. The Labute approximate surface area is 130 Å². The van der Waals surface area contributed by atoms with Gasteiger partial charge < -0.3 is 29.5 Å². The van der Waals surface area contributed by atoms with Gasteiger partial charge in [-0.25, -0.2) is 0 Å². The summed E-state index contributed by atoms with van der Waals surface area (Å²) in [6.45, 7) is 0. The number of hydrogen-bond acceptors (Lipinski definition) is 6. The minimum Gasteiger partial charge on any atom is -0.497 e. The predicted molar refractivity (Wildman–Crippen MR) is 79.2 cm³/mol. The van der Waals surface area contributed by atoms with E-state index in [9.17, 15) is 15.3 Å². The highest BCUT2D eigenvalue weighted by atomic mass is 127. The number of alkyl halides is 1. The van der Waals surface area contributed by atoms with Crippen LogP contribution in [0.5, 0.6) is 11.5 Å². The van der Waals surface area contributed by atoms with Gasteiger partial charge in [-0.15, -0.1) is 0 Å². The molecule has 2 rings (SSSR count). The zero-order valence-corrected chi connectivity index (χ0v) is 13.0. The summed E-state index contributed by atoms with van der Waals surface area (Å²) in [5, 5.41) is 29.4. The summed E-state index contributed by atoms with van der Waals surface area (Å²) in [5.74, 6) is 1.16. The number of aliphatic hydroxyl groups excluding tert-OH is 3. The molecule has 0 saturated carbocycles. The van der Waals surface area contributed by atoms with Gasteiger partial charge in [0, 0.05) is 4.43 Å². The molecule has 0 amide bonds. The van der Waals surface area contributed by atoms with Gasteiger partial charge in [-0.2, -0.15) is 0 Å². The van der Waals surface area contributed by atoms with Crippen molar-refractivity contribution in [1.29, 1.82) is 0 Å². The van der Waals surface area contributed by atoms with Crippen LogP contribution in [-0.4, -0.2) is 57.6 Å². The first-order chi connectivity index (χ1) is 9.56. The standard InChI is InChI=1S/C13H17IO6/c1-18-7-2-4-8(5-3-7)19-13-12(17)11(16)10(15)9(6-14)20-13/h2-5,9-13,15-17H,6H2,1H3/t9-,10-,11+,12-,13+/m1/s1. The number of rotatable bonds is 4. The molecule has 6 nitrogen and oxygen atoms in total. The average molecular weight is 396 g/mol. The van der Waals surface area contributed by atoms with Crippen molar-refractivity contribution in [2.24, 2.45) is 0 Å². The molecule has 0 unspecified atom stereocenters. The SMILES string of the molecule is COc1ccc(O[C@H]2O[C@H](CI)[C@@H](O)[C@H](O)[C@H]2O)cc1. The van der Waals surface area contributed by atoms with E-state index in [4.69, 9.17) is 14.2 Å². The predicted octanol–water partition coefficient (Wildman–Crippen LogP) is 0.317. The van der Waals surface area contributed by atoms with E-state index in [1.807, 2.05) is 22.6 Å². The van der Waals surface area contributed by atoms with E-state index in [2.05, 4.69) is 0 Å². The van der Waals surface area contributed by atoms with Crippen molar-refractivity contribution in [1.82, 2.24) is 0 Å². The summed E-state index contributed by atoms with van der Waals surface area (Å²) in [4.78, 5) is 0. The van der Waals surface area contributed by atoms with Crippen LogP contribution >= 0.6 is 22.6 Å². The van der Waals surface area contributed by atoms with E-state index < -0.39 is 30.7 Å². The Bertz CT molecular complexity index is 423. The largest absolute Gasteiger partial charge is 0.497 e. The Balaban J connectivity index is 2.06. The minimum absolute atomic E-state index is 0.477. The van der Waals surface area contributed by atoms with Gasteiger partial charge in [0.15, 0.2) is 0 Å². The van der Waals surface area contributed by atoms with Crippen LogP contribution in [0.1, 0.15) is 0 Å². The van der Waals surface area contributed by atoms with Gasteiger partial charge in [0.2, 0.25) is 6.29 Å². The van der Waals surface area contributed by atoms with E-state index in [0.29, 0.717) is 15.9 Å². The van der Waals surface area contributed by atoms with Crippen molar-refractivity contribution in [3.8, 4) is 11.5 Å². The highest BCUT2D eigenvalue weighted by molar-refractivity contribution is 14.1. The maximum Gasteiger partial charge on any atom is 0.229 e. The fourth-order valence-corrected chi connectivity index (χ4v) is 2.66. The summed E-state index contributed by atoms with van der Waals surface area (Å²) < 4.78 is 16.5. The lowest BCUT2D eigenvalue weighted by Gasteiger charge is -2.39. The first-order valence-corrected chi connectivity index (χ1v) is 7.65. The van der Waals surface area contributed by atoms with E-state index in [0.717, 1.165) is 0 Å². The van der Waals surface area contributed by atoms with Crippen LogP contribution in [0.2, 0.25) is 0 Å². The Morgan fingerprint density at radius 2 is 1.65 bits per heavy atom. The number of methoxy groups -OCH3 is 1. The van der Waals surface area contributed by atoms with Crippen molar-refractivity contribution in [3.05, 3.63) is 24.3 Å². The van der Waals surface area contributed by atoms with Crippen LogP contribution < -0.4 is 9.47 Å². The number of hydrogen-bond donors (Lipinski definition) is 3. The highest BCUT2D eigenvalue weighted by Crippen LogP contribution is 2.26. The monoisotopic (exact) mass is 396 g/mol. The molecule has 7 heteroatoms. The maximum absolute atomic E-state index is 9.90. The molecule has 1 heterocycles. The molecule has 0 radical (unpaired) electrons. The molecule has 0 aromatic heterocycles. The normalized spacial score (nSPS) is 33.8. The van der Waals surface area contributed by atoms with Crippen LogP contribution in [0.4, 0.5) is 0 Å². The van der Waals surface area contributed by atoms with Crippen LogP contribution in [-0.2, 0) is 4.74 Å². The van der Waals surface area contributed by atoms with E-state index in [-0.39, 0.29) is 0 Å². The van der Waals surface area contributed by atoms with E-state index >= 15 is 0 Å². The third kappa shape index (κ3) is 3.34. The Kier molecular flexibility index (Phi) is 5.44. The average Bonchev–Trinajstić information content (AvgIpc) is 2.48. The van der Waals surface area contributed by atoms with Gasteiger partial charge in [0.05, 0.1) is 13.2 Å². The lowest BCUT2D eigenvalue weighted by molar-refractivity contribution is -0.266. The first-order valence-electron chi connectivity index (χ1n) is 6.13. The van der Waals surface area contributed by atoms with Gasteiger partial charge in [-0.05, 0) is 24.3 Å². The number of ether oxygens (including phenoxy) is 3. The summed E-state index contributed by atoms with van der Waals surface area (Å²) in [5.41, 5.74) is 0. The molecule has 20 heavy (non-hydrogen) atoms. The quantitative estimate of drug-likeness (QED) is 0.502. The Hall–Kier alpha value is -0.610. The molecule has 1 aliphatic rings. The van der Waals surface area contributed by atoms with Crippen LogP contribution in [0.15, 0.2) is 24.3 Å².